The van der Waals surface area contributed by atoms with Crippen molar-refractivity contribution in [3.05, 3.63) is 52.2 Å². The van der Waals surface area contributed by atoms with Crippen molar-refractivity contribution in [1.82, 2.24) is 9.55 Å². The largest absolute Gasteiger partial charge is 0.489 e. The molecule has 2 aliphatic rings. The molecule has 1 aliphatic heterocycles. The number of nitrogen functional groups attached to an aromatic ring is 1. The minimum Gasteiger partial charge on any atom is -0.489 e. The van der Waals surface area contributed by atoms with Gasteiger partial charge in [0, 0.05) is 60.0 Å². The number of nitrogens with zero attached hydrogens (tertiary/aromatic N) is 2. The van der Waals surface area contributed by atoms with Crippen LogP contribution in [0.5, 0.6) is 5.75 Å². The van der Waals surface area contributed by atoms with Crippen molar-refractivity contribution in [3.8, 4) is 5.75 Å². The molecule has 1 fully saturated rings. The van der Waals surface area contributed by atoms with Gasteiger partial charge in [0.1, 0.15) is 11.5 Å². The molecule has 0 atom stereocenters. The fraction of sp³-hybridized carbons (Fsp3) is 0.375. The zero-order valence-corrected chi connectivity index (χ0v) is 20.7. The Labute approximate surface area is 209 Å². The number of pyridine rings is 2. The van der Waals surface area contributed by atoms with E-state index in [9.17, 15) is 9.59 Å². The van der Waals surface area contributed by atoms with Gasteiger partial charge in [-0.05, 0) is 25.0 Å². The molecule has 8 nitrogen and oxygen atoms in total. The summed E-state index contributed by atoms with van der Waals surface area (Å²) < 4.78 is 23.3. The Morgan fingerprint density at radius 2 is 2.00 bits per heavy atom. The summed E-state index contributed by atoms with van der Waals surface area (Å²) in [6.45, 7) is 1.23. The number of halogens is 2. The van der Waals surface area contributed by atoms with Gasteiger partial charge in [-0.1, -0.05) is 18.9 Å². The van der Waals surface area contributed by atoms with Gasteiger partial charge in [-0.25, -0.2) is 9.37 Å². The van der Waals surface area contributed by atoms with E-state index in [4.69, 9.17) is 10.5 Å². The molecule has 3 heterocycles. The maximum absolute atomic E-state index is 15.6. The quantitative estimate of drug-likeness (QED) is 0.174. The second-order valence-electron chi connectivity index (χ2n) is 8.77. The van der Waals surface area contributed by atoms with Gasteiger partial charge in [-0.3, -0.25) is 9.59 Å². The molecular weight excluding hydrogens is 552 g/mol. The van der Waals surface area contributed by atoms with E-state index in [1.165, 1.54) is 0 Å². The number of benzene rings is 1. The fourth-order valence-corrected chi connectivity index (χ4v) is 5.58. The Morgan fingerprint density at radius 1 is 1.24 bits per heavy atom. The lowest BCUT2D eigenvalue weighted by atomic mass is 9.92. The second kappa shape index (κ2) is 9.05. The lowest BCUT2D eigenvalue weighted by molar-refractivity contribution is 0.110. The van der Waals surface area contributed by atoms with Crippen molar-refractivity contribution < 1.29 is 13.9 Å². The van der Waals surface area contributed by atoms with Gasteiger partial charge < -0.3 is 25.7 Å². The van der Waals surface area contributed by atoms with E-state index < -0.39 is 15.0 Å². The Hall–Kier alpha value is -2.89. The minimum atomic E-state index is -0.746. The van der Waals surface area contributed by atoms with E-state index in [0.717, 1.165) is 25.7 Å². The third kappa shape index (κ3) is 3.77. The molecule has 34 heavy (non-hydrogen) atoms. The summed E-state index contributed by atoms with van der Waals surface area (Å²) in [5.74, 6) is 0.238. The van der Waals surface area contributed by atoms with E-state index >= 15 is 4.39 Å². The molecule has 0 bridgehead atoms. The molecule has 2 aromatic heterocycles. The van der Waals surface area contributed by atoms with Crippen LogP contribution in [0.2, 0.25) is 0 Å². The van der Waals surface area contributed by atoms with Gasteiger partial charge in [0.05, 0.1) is 28.8 Å². The molecule has 10 heteroatoms. The fourth-order valence-electron chi connectivity index (χ4n) is 5.20. The van der Waals surface area contributed by atoms with Gasteiger partial charge in [0.25, 0.3) is 0 Å². The number of hydrogen-bond acceptors (Lipinski definition) is 7. The molecule has 0 radical (unpaired) electrons. The van der Waals surface area contributed by atoms with Crippen molar-refractivity contribution in [2.45, 2.75) is 37.6 Å². The van der Waals surface area contributed by atoms with Gasteiger partial charge in [-0.15, -0.1) is 0 Å². The molecule has 1 aliphatic carbocycles. The first-order chi connectivity index (χ1) is 16.4. The number of ether oxygens (including phenoxy) is 1. The molecule has 0 unspecified atom stereocenters. The Bertz CT molecular complexity index is 1320. The third-order valence-corrected chi connectivity index (χ3v) is 7.42. The molecule has 3 aromatic rings. The van der Waals surface area contributed by atoms with Crippen molar-refractivity contribution in [1.29, 1.82) is 0 Å². The topological polar surface area (TPSA) is 111 Å². The lowest BCUT2D eigenvalue weighted by Gasteiger charge is -2.32. The molecule has 1 aromatic carbocycles. The highest BCUT2D eigenvalue weighted by molar-refractivity contribution is 14.1. The van der Waals surface area contributed by atoms with Crippen LogP contribution in [0.3, 0.4) is 0 Å². The molecule has 1 saturated carbocycles. The summed E-state index contributed by atoms with van der Waals surface area (Å²) in [4.78, 5) is 29.8. The van der Waals surface area contributed by atoms with E-state index in [0.29, 0.717) is 37.5 Å². The molecule has 1 spiro atoms. The van der Waals surface area contributed by atoms with Crippen LogP contribution >= 0.6 is 22.6 Å². The number of anilines is 3. The maximum atomic E-state index is 15.6. The number of fused-ring (bicyclic) bond motifs is 1. The summed E-state index contributed by atoms with van der Waals surface area (Å²) in [6.07, 6.45) is 7.90. The number of carbonyl (C=O) groups is 1. The molecular formula is C24H25FIN5O3. The summed E-state index contributed by atoms with van der Waals surface area (Å²) in [6, 6.07) is 5.55. The standard InChI is InChI=1S/C24H25FIN5O3/c25-17-18(27)16-20-22(19(17)30-11-10-29-15-5-1-4-9-28-15)34-12-8-24(6-2-3-7-24)31(20)13-14(21(16)32)23(26)33/h1,4-5,9,13,30H,2-3,6-8,10-12,27H2,(H,28,29). The molecule has 4 N–H and O–H groups in total. The van der Waals surface area contributed by atoms with Crippen molar-refractivity contribution >= 4 is 54.5 Å². The summed E-state index contributed by atoms with van der Waals surface area (Å²) in [5, 5.41) is 6.29. The Morgan fingerprint density at radius 3 is 2.71 bits per heavy atom. The van der Waals surface area contributed by atoms with Crippen LogP contribution in [-0.4, -0.2) is 33.0 Å². The Balaban J connectivity index is 1.63. The van der Waals surface area contributed by atoms with E-state index in [2.05, 4.69) is 15.6 Å². The van der Waals surface area contributed by atoms with Gasteiger partial charge in [0.15, 0.2) is 11.6 Å². The summed E-state index contributed by atoms with van der Waals surface area (Å²) in [7, 11) is 0. The average molecular weight is 577 g/mol. The first kappa shape index (κ1) is 22.9. The van der Waals surface area contributed by atoms with E-state index in [1.807, 2.05) is 22.8 Å². The van der Waals surface area contributed by atoms with Crippen LogP contribution in [0, 0.1) is 5.82 Å². The van der Waals surface area contributed by atoms with Crippen molar-refractivity contribution in [2.75, 3.05) is 36.1 Å². The minimum absolute atomic E-state index is 0.0126. The van der Waals surface area contributed by atoms with Gasteiger partial charge in [-0.2, -0.15) is 0 Å². The predicted molar refractivity (Wildman–Crippen MR) is 139 cm³/mol. The van der Waals surface area contributed by atoms with Gasteiger partial charge >= 0.3 is 0 Å². The molecule has 178 valence electrons. The lowest BCUT2D eigenvalue weighted by Crippen LogP contribution is -2.33. The number of nitrogens with two attached hydrogens (primary N) is 1. The number of carbonyl (C=O) groups excluding carboxylic acids is 1. The Kier molecular flexibility index (Phi) is 6.09. The maximum Gasteiger partial charge on any atom is 0.227 e. The monoisotopic (exact) mass is 577 g/mol. The highest BCUT2D eigenvalue weighted by Crippen LogP contribution is 2.48. The zero-order valence-electron chi connectivity index (χ0n) is 18.5. The highest BCUT2D eigenvalue weighted by atomic mass is 127. The van der Waals surface area contributed by atoms with Crippen LogP contribution in [0.1, 0.15) is 42.5 Å². The molecule has 0 saturated heterocycles. The normalized spacial score (nSPS) is 16.3. The first-order valence-corrected chi connectivity index (χ1v) is 12.4. The second-order valence-corrected chi connectivity index (χ2v) is 9.75. The number of aromatic nitrogens is 2. The smallest absolute Gasteiger partial charge is 0.227 e. The highest BCUT2D eigenvalue weighted by Gasteiger charge is 2.40. The molecule has 5 rings (SSSR count). The van der Waals surface area contributed by atoms with Crippen molar-refractivity contribution in [3.63, 3.8) is 0 Å². The van der Waals surface area contributed by atoms with Crippen LogP contribution in [0.15, 0.2) is 35.4 Å². The number of rotatable bonds is 6. The average Bonchev–Trinajstić information content (AvgIpc) is 3.24. The van der Waals surface area contributed by atoms with E-state index in [-0.39, 0.29) is 33.6 Å². The SMILES string of the molecule is Nc1c(F)c(NCCNc2ccccn2)c2c3c1c(=O)c(C(=O)I)cn3C1(CCCC1)CCO2. The van der Waals surface area contributed by atoms with Crippen LogP contribution in [-0.2, 0) is 5.54 Å². The van der Waals surface area contributed by atoms with Crippen molar-refractivity contribution in [2.24, 2.45) is 0 Å². The number of hydrogen-bond donors (Lipinski definition) is 3. The zero-order chi connectivity index (χ0) is 23.9. The van der Waals surface area contributed by atoms with Crippen LogP contribution in [0.4, 0.5) is 21.6 Å². The summed E-state index contributed by atoms with van der Waals surface area (Å²) >= 11 is 1.60. The predicted octanol–water partition coefficient (Wildman–Crippen LogP) is 4.27. The van der Waals surface area contributed by atoms with Gasteiger partial charge in [0.2, 0.25) is 9.22 Å². The molecule has 0 amide bonds. The van der Waals surface area contributed by atoms with E-state index in [1.54, 1.807) is 35.0 Å². The number of nitrogens with one attached hydrogen (secondary N) is 2. The first-order valence-electron chi connectivity index (χ1n) is 11.4. The third-order valence-electron chi connectivity index (χ3n) is 6.84. The summed E-state index contributed by atoms with van der Waals surface area (Å²) in [5.41, 5.74) is 5.70. The van der Waals surface area contributed by atoms with Crippen LogP contribution < -0.4 is 26.5 Å². The van der Waals surface area contributed by atoms with Crippen LogP contribution in [0.25, 0.3) is 10.9 Å².